The third kappa shape index (κ3) is 27.2. The van der Waals surface area contributed by atoms with E-state index in [0.29, 0.717) is 124 Å². The molecular formula is C85H110N36O12. The van der Waals surface area contributed by atoms with E-state index in [2.05, 4.69) is 127 Å². The van der Waals surface area contributed by atoms with Gasteiger partial charge in [0.15, 0.2) is 69.0 Å². The van der Waals surface area contributed by atoms with E-state index in [0.717, 1.165) is 142 Å². The molecule has 0 spiro atoms. The van der Waals surface area contributed by atoms with Gasteiger partial charge in [0, 0.05) is 131 Å². The van der Waals surface area contributed by atoms with E-state index in [1.54, 1.807) is 26.0 Å². The van der Waals surface area contributed by atoms with E-state index in [9.17, 15) is 0 Å². The molecule has 0 unspecified atom stereocenters. The molecule has 0 aliphatic carbocycles. The Bertz CT molecular complexity index is 5850. The fourth-order valence-corrected chi connectivity index (χ4v) is 12.7. The highest BCUT2D eigenvalue weighted by molar-refractivity contribution is 5.53. The van der Waals surface area contributed by atoms with Crippen LogP contribution in [0.4, 0.5) is 107 Å². The molecule has 702 valence electrons. The third-order valence-electron chi connectivity index (χ3n) is 19.7. The van der Waals surface area contributed by atoms with Crippen molar-refractivity contribution in [2.75, 3.05) is 267 Å². The highest BCUT2D eigenvalue weighted by Gasteiger charge is 2.22. The van der Waals surface area contributed by atoms with E-state index in [1.807, 2.05) is 204 Å². The maximum Gasteiger partial charge on any atom is 0.231 e. The number of hydrogen-bond acceptors (Lipinski definition) is 48. The Morgan fingerprint density at radius 1 is 0.226 bits per heavy atom. The molecule has 133 heavy (non-hydrogen) atoms. The van der Waals surface area contributed by atoms with Gasteiger partial charge in [0.1, 0.15) is 0 Å². The monoisotopic (exact) mass is 1830 g/mol. The molecule has 0 saturated heterocycles. The lowest BCUT2D eigenvalue weighted by molar-refractivity contribution is 0.173. The second-order valence-corrected chi connectivity index (χ2v) is 30.4. The summed E-state index contributed by atoms with van der Waals surface area (Å²) in [5.41, 5.74) is 35.0. The van der Waals surface area contributed by atoms with Crippen LogP contribution in [0.25, 0.3) is 0 Å². The Labute approximate surface area is 767 Å². The molecule has 12 aromatic rings. The minimum Gasteiger partial charge on any atom is -0.454 e. The summed E-state index contributed by atoms with van der Waals surface area (Å²) in [5.74, 6) is 17.2. The molecule has 6 aliphatic rings. The van der Waals surface area contributed by atoms with Gasteiger partial charge in [0.25, 0.3) is 0 Å². The third-order valence-corrected chi connectivity index (χ3v) is 19.7. The van der Waals surface area contributed by atoms with Crippen LogP contribution in [0.3, 0.4) is 0 Å². The summed E-state index contributed by atoms with van der Waals surface area (Å²) in [6, 6.07) is 35.6. The number of hydrogen-bond donors (Lipinski definition) is 12. The molecule has 0 bridgehead atoms. The molecule has 12 heterocycles. The van der Waals surface area contributed by atoms with E-state index < -0.39 is 0 Å². The zero-order valence-electron chi connectivity index (χ0n) is 76.1. The number of anilines is 18. The molecule has 6 aliphatic heterocycles. The fourth-order valence-electron chi connectivity index (χ4n) is 12.7. The van der Waals surface area contributed by atoms with E-state index in [4.69, 9.17) is 85.5 Å². The molecule has 48 heteroatoms. The van der Waals surface area contributed by atoms with E-state index >= 15 is 0 Å². The Morgan fingerprint density at radius 2 is 0.429 bits per heavy atom. The van der Waals surface area contributed by atoms with Crippen LogP contribution in [0.1, 0.15) is 33.4 Å². The van der Waals surface area contributed by atoms with Gasteiger partial charge in [-0.25, -0.2) is 0 Å². The summed E-state index contributed by atoms with van der Waals surface area (Å²) in [6.45, 7) is 5.95. The van der Waals surface area contributed by atoms with Gasteiger partial charge < -0.3 is 152 Å². The molecule has 0 fully saturated rings. The number of nitrogens with two attached hydrogens (primary N) is 5. The topological polar surface area (TPSA) is 577 Å². The Kier molecular flexibility index (Phi) is 32.1. The summed E-state index contributed by atoms with van der Waals surface area (Å²) < 4.78 is 64.0. The van der Waals surface area contributed by atoms with Gasteiger partial charge >= 0.3 is 0 Å². The minimum atomic E-state index is 0.118. The first-order valence-corrected chi connectivity index (χ1v) is 42.1. The fraction of sp³-hybridized carbons (Fsp3) is 0.365. The Hall–Kier alpha value is -16.6. The number of ether oxygens (including phenoxy) is 12. The zero-order chi connectivity index (χ0) is 93.9. The van der Waals surface area contributed by atoms with Gasteiger partial charge in [-0.3, -0.25) is 0 Å². The Morgan fingerprint density at radius 3 is 0.737 bits per heavy atom. The predicted molar refractivity (Wildman–Crippen MR) is 505 cm³/mol. The maximum atomic E-state index is 5.68. The van der Waals surface area contributed by atoms with Crippen molar-refractivity contribution < 1.29 is 56.8 Å². The summed E-state index contributed by atoms with van der Waals surface area (Å²) in [7, 11) is 24.2. The molecule has 17 N–H and O–H groups in total. The van der Waals surface area contributed by atoms with Crippen molar-refractivity contribution >= 4 is 107 Å². The second-order valence-electron chi connectivity index (χ2n) is 30.4. The van der Waals surface area contributed by atoms with Crippen LogP contribution < -0.4 is 152 Å². The lowest BCUT2D eigenvalue weighted by atomic mass is 10.1. The largest absolute Gasteiger partial charge is 0.454 e. The summed E-state index contributed by atoms with van der Waals surface area (Å²) in [6.07, 6.45) is 4.90. The first-order valence-electron chi connectivity index (χ1n) is 42.1. The highest BCUT2D eigenvalue weighted by Crippen LogP contribution is 2.38. The molecule has 6 aromatic heterocycles. The first kappa shape index (κ1) is 94.0. The number of aromatic nitrogens is 18. The van der Waals surface area contributed by atoms with Crippen LogP contribution in [0.2, 0.25) is 0 Å². The SMILES string of the molecule is CN(C)c1nc(N)nc(NCCc2ccc3c(c2)OCO3)n1.CN(C)c1nc(NCCc2ccc3c(c2)OCO3)nc(N(C)C)n1.CN(CCc1ccc2c(c1)OCO2)c1nc(N)nc(N)n1.CNc1nc(N)nc(N(C)CCc2ccc3c(c2)OCO3)n1.CNc1nc(N)nc(NCCc2ccc3c(c2)OCO3)n1.CNc1nc(NCCc2ccc3c(c2)OCO3)nc(N(C)C)n1. The number of nitrogen functional groups attached to an aromatic ring is 5. The Balaban J connectivity index is 0.000000136. The predicted octanol–water partition coefficient (Wildman–Crippen LogP) is 5.88. The number of benzene rings is 6. The van der Waals surface area contributed by atoms with Crippen molar-refractivity contribution in [2.24, 2.45) is 0 Å². The molecule has 6 aromatic carbocycles. The van der Waals surface area contributed by atoms with Gasteiger partial charge in [0.2, 0.25) is 148 Å². The van der Waals surface area contributed by atoms with Crippen LogP contribution in [0.15, 0.2) is 109 Å². The van der Waals surface area contributed by atoms with Crippen LogP contribution >= 0.6 is 0 Å². The number of nitrogens with zero attached hydrogens (tertiary/aromatic N) is 24. The van der Waals surface area contributed by atoms with Crippen LogP contribution in [0.5, 0.6) is 69.0 Å². The molecule has 48 nitrogen and oxygen atoms in total. The van der Waals surface area contributed by atoms with E-state index in [-0.39, 0.29) is 56.9 Å². The van der Waals surface area contributed by atoms with Crippen molar-refractivity contribution in [1.29, 1.82) is 0 Å². The number of rotatable bonds is 31. The van der Waals surface area contributed by atoms with Crippen LogP contribution in [-0.4, -0.2) is 261 Å². The highest BCUT2D eigenvalue weighted by atomic mass is 16.7. The molecular weight excluding hydrogens is 1720 g/mol. The molecule has 0 atom stereocenters. The van der Waals surface area contributed by atoms with Crippen molar-refractivity contribution in [3.8, 4) is 69.0 Å². The molecule has 18 rings (SSSR count). The number of likely N-dealkylation sites (N-methyl/N-ethyl adjacent to an activating group) is 2. The van der Waals surface area contributed by atoms with Gasteiger partial charge in [0.05, 0.1) is 0 Å². The lowest BCUT2D eigenvalue weighted by Crippen LogP contribution is -2.23. The van der Waals surface area contributed by atoms with Gasteiger partial charge in [-0.1, -0.05) is 36.4 Å². The summed E-state index contributed by atoms with van der Waals surface area (Å²) >= 11 is 0. The smallest absolute Gasteiger partial charge is 0.231 e. The minimum absolute atomic E-state index is 0.118. The van der Waals surface area contributed by atoms with Crippen molar-refractivity contribution in [1.82, 2.24) is 89.7 Å². The van der Waals surface area contributed by atoms with Crippen molar-refractivity contribution in [3.05, 3.63) is 143 Å². The standard InChI is InChI=1S/C16H22N6O2.C15H20N6O2.2C14H18N6O2.2C13H16N6O2/c1-21(2)15-18-14(19-16(20-15)22(3)4)17-8-7-11-5-6-12-13(9-11)24-10-23-12;1-16-13-18-14(20-15(19-13)21(2)3)17-7-6-10-4-5-11-12(8-10)23-9-22-11;1-20(2)14-18-12(15)17-13(19-14)16-6-5-9-3-4-10-11(7-9)22-8-21-10;1-16-13-17-12(15)18-14(19-13)20(2)6-5-9-3-4-10-11(7-9)22-8-21-10;1-19(13-17-11(14)16-12(15)18-13)5-4-8-2-3-9-10(6-8)21-7-20-9;1-15-12-17-11(14)18-13(19-12)16-5-4-8-2-3-9-10(6-8)21-7-20-9/h5-6,9H,7-8,10H2,1-4H3,(H,17,18,19,20);4-5,8H,6-7,9H2,1-3H3,(H2,16,17,18,19,20);2*3-4,7H,5-6,8H2,1-2H3,(H3,15,16,17,18,19);2-3,6H,4-5,7H2,1H3,(H4,14,15,16,17,18);2-3,6H,4-5,7H2,1H3,(H4,14,15,16,17,18,19). The molecule has 0 radical (unpaired) electrons. The summed E-state index contributed by atoms with van der Waals surface area (Å²) in [5, 5.41) is 21.4. The van der Waals surface area contributed by atoms with E-state index in [1.165, 1.54) is 5.56 Å². The maximum absolute atomic E-state index is 5.68. The first-order chi connectivity index (χ1) is 64.3. The van der Waals surface area contributed by atoms with Gasteiger partial charge in [-0.05, 0) is 145 Å². The van der Waals surface area contributed by atoms with Crippen molar-refractivity contribution in [3.63, 3.8) is 0 Å². The number of nitrogens with one attached hydrogen (secondary N) is 7. The molecule has 0 saturated carbocycles. The normalized spacial score (nSPS) is 12.2. The van der Waals surface area contributed by atoms with Gasteiger partial charge in [-0.15, -0.1) is 0 Å². The van der Waals surface area contributed by atoms with Gasteiger partial charge in [-0.2, -0.15) is 89.7 Å². The average molecular weight is 1830 g/mol. The quantitative estimate of drug-likeness (QED) is 0.0241. The molecule has 0 amide bonds. The summed E-state index contributed by atoms with van der Waals surface area (Å²) in [4.78, 5) is 86.2. The van der Waals surface area contributed by atoms with Crippen molar-refractivity contribution in [2.45, 2.75) is 38.5 Å². The zero-order valence-corrected chi connectivity index (χ0v) is 76.1. The van der Waals surface area contributed by atoms with Crippen LogP contribution in [0, 0.1) is 0 Å². The average Bonchev–Trinajstić information content (AvgIpc) is 1.60. The number of fused-ring (bicyclic) bond motifs is 6. The second kappa shape index (κ2) is 45.4. The lowest BCUT2D eigenvalue weighted by Gasteiger charge is -2.17. The van der Waals surface area contributed by atoms with Crippen LogP contribution in [-0.2, 0) is 38.5 Å².